The van der Waals surface area contributed by atoms with Crippen LogP contribution in [0.25, 0.3) is 11.3 Å². The van der Waals surface area contributed by atoms with E-state index in [1.165, 1.54) is 6.26 Å². The van der Waals surface area contributed by atoms with Gasteiger partial charge in [-0.25, -0.2) is 0 Å². The van der Waals surface area contributed by atoms with Crippen molar-refractivity contribution in [3.05, 3.63) is 50.3 Å². The van der Waals surface area contributed by atoms with Gasteiger partial charge in [-0.3, -0.25) is 4.79 Å². The summed E-state index contributed by atoms with van der Waals surface area (Å²) in [5.41, 5.74) is 1.82. The number of hydrogen-bond donors (Lipinski definition) is 1. The van der Waals surface area contributed by atoms with Crippen molar-refractivity contribution in [1.82, 2.24) is 0 Å². The third-order valence-corrected chi connectivity index (χ3v) is 6.25. The van der Waals surface area contributed by atoms with E-state index in [1.54, 1.807) is 11.8 Å². The van der Waals surface area contributed by atoms with E-state index in [0.717, 1.165) is 14.9 Å². The second kappa shape index (κ2) is 5.63. The zero-order chi connectivity index (χ0) is 15.1. The van der Waals surface area contributed by atoms with E-state index < -0.39 is 0 Å². The second-order valence-corrected chi connectivity index (χ2v) is 7.40. The lowest BCUT2D eigenvalue weighted by Gasteiger charge is -2.28. The fourth-order valence-electron chi connectivity index (χ4n) is 2.56. The van der Waals surface area contributed by atoms with E-state index in [-0.39, 0.29) is 23.2 Å². The molecule has 1 N–H and O–H groups in total. The van der Waals surface area contributed by atoms with Crippen molar-refractivity contribution in [2.45, 2.75) is 30.6 Å². The Morgan fingerprint density at radius 2 is 2.19 bits per heavy atom. The minimum Gasteiger partial charge on any atom is -0.463 e. The summed E-state index contributed by atoms with van der Waals surface area (Å²) in [6, 6.07) is 5.89. The first kappa shape index (κ1) is 14.9. The van der Waals surface area contributed by atoms with Gasteiger partial charge < -0.3 is 9.52 Å². The number of halogens is 1. The summed E-state index contributed by atoms with van der Waals surface area (Å²) < 4.78 is 6.73. The van der Waals surface area contributed by atoms with Crippen LogP contribution in [0.4, 0.5) is 0 Å². The largest absolute Gasteiger partial charge is 0.463 e. The molecule has 0 spiro atoms. The molecule has 3 rings (SSSR count). The van der Waals surface area contributed by atoms with E-state index in [9.17, 15) is 9.90 Å². The summed E-state index contributed by atoms with van der Waals surface area (Å²) in [5.74, 6) is 0.914. The molecule has 0 saturated carbocycles. The Morgan fingerprint density at radius 1 is 1.43 bits per heavy atom. The second-order valence-electron chi connectivity index (χ2n) is 5.39. The smallest absolute Gasteiger partial charge is 0.195 e. The van der Waals surface area contributed by atoms with E-state index in [2.05, 4.69) is 29.8 Å². The van der Waals surface area contributed by atoms with Crippen molar-refractivity contribution in [2.24, 2.45) is 5.92 Å². The summed E-state index contributed by atoms with van der Waals surface area (Å²) in [7, 11) is 0. The van der Waals surface area contributed by atoms with Gasteiger partial charge in [-0.1, -0.05) is 26.0 Å². The molecule has 0 bridgehead atoms. The molecular formula is C16H15BrO3S. The number of benzene rings is 1. The van der Waals surface area contributed by atoms with Crippen molar-refractivity contribution in [3.63, 3.8) is 0 Å². The minimum absolute atomic E-state index is 0.0222. The molecule has 2 aromatic rings. The van der Waals surface area contributed by atoms with Gasteiger partial charge in [-0.05, 0) is 27.9 Å². The standard InChI is InChI=1S/C16H15BrO3S/c1-8(2)15-12-13(19)9(6-18)7-20-14(12)10-4-3-5-11(17)16(10)21-15/h3-5,7-8,15,18H,6H2,1-2H3. The molecule has 1 aliphatic heterocycles. The number of aliphatic hydroxyl groups is 1. The molecule has 1 aliphatic rings. The van der Waals surface area contributed by atoms with Gasteiger partial charge >= 0.3 is 0 Å². The van der Waals surface area contributed by atoms with Gasteiger partial charge in [0.2, 0.25) is 0 Å². The third kappa shape index (κ3) is 2.37. The van der Waals surface area contributed by atoms with E-state index in [4.69, 9.17) is 4.42 Å². The first-order valence-corrected chi connectivity index (χ1v) is 8.42. The van der Waals surface area contributed by atoms with Gasteiger partial charge in [-0.15, -0.1) is 11.8 Å². The monoisotopic (exact) mass is 366 g/mol. The topological polar surface area (TPSA) is 50.4 Å². The predicted molar refractivity (Wildman–Crippen MR) is 87.5 cm³/mol. The highest BCUT2D eigenvalue weighted by molar-refractivity contribution is 9.10. The lowest BCUT2D eigenvalue weighted by molar-refractivity contribution is 0.276. The quantitative estimate of drug-likeness (QED) is 0.857. The highest BCUT2D eigenvalue weighted by Gasteiger charge is 2.33. The highest BCUT2D eigenvalue weighted by Crippen LogP contribution is 2.52. The summed E-state index contributed by atoms with van der Waals surface area (Å²) >= 11 is 5.26. The molecule has 21 heavy (non-hydrogen) atoms. The maximum Gasteiger partial charge on any atom is 0.195 e. The molecule has 5 heteroatoms. The zero-order valence-electron chi connectivity index (χ0n) is 11.7. The van der Waals surface area contributed by atoms with Crippen molar-refractivity contribution >= 4 is 27.7 Å². The number of thioether (sulfide) groups is 1. The van der Waals surface area contributed by atoms with Crippen LogP contribution in [0, 0.1) is 5.92 Å². The molecule has 1 aromatic heterocycles. The van der Waals surface area contributed by atoms with Crippen molar-refractivity contribution in [1.29, 1.82) is 0 Å². The average molecular weight is 367 g/mol. The van der Waals surface area contributed by atoms with Crippen molar-refractivity contribution < 1.29 is 9.52 Å². The van der Waals surface area contributed by atoms with Crippen LogP contribution in [0.1, 0.15) is 30.2 Å². The molecule has 3 nitrogen and oxygen atoms in total. The molecule has 0 aliphatic carbocycles. The predicted octanol–water partition coefficient (Wildman–Crippen LogP) is 4.36. The van der Waals surface area contributed by atoms with Gasteiger partial charge in [0.15, 0.2) is 5.43 Å². The van der Waals surface area contributed by atoms with Crippen LogP contribution < -0.4 is 5.43 Å². The Morgan fingerprint density at radius 3 is 2.86 bits per heavy atom. The van der Waals surface area contributed by atoms with Crippen LogP contribution in [-0.4, -0.2) is 5.11 Å². The maximum absolute atomic E-state index is 12.6. The Hall–Kier alpha value is -1.04. The summed E-state index contributed by atoms with van der Waals surface area (Å²) in [6.07, 6.45) is 1.37. The van der Waals surface area contributed by atoms with Crippen LogP contribution in [0.15, 0.2) is 43.0 Å². The first-order valence-electron chi connectivity index (χ1n) is 6.75. The molecule has 0 radical (unpaired) electrons. The summed E-state index contributed by atoms with van der Waals surface area (Å²) in [6.45, 7) is 3.89. The highest BCUT2D eigenvalue weighted by atomic mass is 79.9. The van der Waals surface area contributed by atoms with Crippen LogP contribution in [0.3, 0.4) is 0 Å². The Bertz CT molecular complexity index is 752. The first-order chi connectivity index (χ1) is 10.0. The third-order valence-electron chi connectivity index (χ3n) is 3.62. The maximum atomic E-state index is 12.6. The Kier molecular flexibility index (Phi) is 3.99. The molecule has 1 atom stereocenters. The van der Waals surface area contributed by atoms with Crippen molar-refractivity contribution in [3.8, 4) is 11.3 Å². The van der Waals surface area contributed by atoms with Gasteiger partial charge in [0.05, 0.1) is 17.7 Å². The van der Waals surface area contributed by atoms with Crippen LogP contribution in [0.5, 0.6) is 0 Å². The molecule has 110 valence electrons. The Labute approximate surface area is 135 Å². The fraction of sp³-hybridized carbons (Fsp3) is 0.312. The lowest BCUT2D eigenvalue weighted by atomic mass is 9.96. The summed E-state index contributed by atoms with van der Waals surface area (Å²) in [5, 5.41) is 9.33. The zero-order valence-corrected chi connectivity index (χ0v) is 14.1. The minimum atomic E-state index is -0.295. The fourth-order valence-corrected chi connectivity index (χ4v) is 4.53. The molecule has 0 fully saturated rings. The number of aliphatic hydroxyl groups excluding tert-OH is 1. The molecule has 0 amide bonds. The van der Waals surface area contributed by atoms with Gasteiger partial charge in [0.1, 0.15) is 12.0 Å². The van der Waals surface area contributed by atoms with Crippen LogP contribution >= 0.6 is 27.7 Å². The molecule has 0 saturated heterocycles. The number of rotatable bonds is 2. The molecular weight excluding hydrogens is 352 g/mol. The number of hydrogen-bond acceptors (Lipinski definition) is 4. The Balaban J connectivity index is 2.34. The van der Waals surface area contributed by atoms with Gasteiger partial charge in [0, 0.05) is 20.2 Å². The SMILES string of the molecule is CC(C)C1Sc2c(Br)cccc2-c2occ(CO)c(=O)c21. The molecule has 1 unspecified atom stereocenters. The lowest BCUT2D eigenvalue weighted by Crippen LogP contribution is -2.22. The van der Waals surface area contributed by atoms with Crippen molar-refractivity contribution in [2.75, 3.05) is 0 Å². The van der Waals surface area contributed by atoms with Gasteiger partial charge in [-0.2, -0.15) is 0 Å². The number of fused-ring (bicyclic) bond motifs is 3. The van der Waals surface area contributed by atoms with E-state index in [0.29, 0.717) is 16.9 Å². The summed E-state index contributed by atoms with van der Waals surface area (Å²) in [4.78, 5) is 13.7. The van der Waals surface area contributed by atoms with Crippen LogP contribution in [0.2, 0.25) is 0 Å². The average Bonchev–Trinajstić information content (AvgIpc) is 2.47. The normalized spacial score (nSPS) is 16.7. The van der Waals surface area contributed by atoms with Crippen LogP contribution in [-0.2, 0) is 6.61 Å². The van der Waals surface area contributed by atoms with E-state index >= 15 is 0 Å². The molecule has 2 heterocycles. The molecule has 1 aromatic carbocycles. The van der Waals surface area contributed by atoms with Gasteiger partial charge in [0.25, 0.3) is 0 Å². The van der Waals surface area contributed by atoms with E-state index in [1.807, 2.05) is 18.2 Å².